The van der Waals surface area contributed by atoms with Gasteiger partial charge in [0, 0.05) is 19.3 Å². The first-order valence-corrected chi connectivity index (χ1v) is 15.8. The molecule has 35 heavy (non-hydrogen) atoms. The number of rotatable bonds is 26. The van der Waals surface area contributed by atoms with Crippen LogP contribution in [0.5, 0.6) is 0 Å². The maximum absolute atomic E-state index is 12.4. The molecule has 0 aliphatic carbocycles. The van der Waals surface area contributed by atoms with Crippen molar-refractivity contribution in [3.63, 3.8) is 0 Å². The van der Waals surface area contributed by atoms with Crippen molar-refractivity contribution in [1.29, 1.82) is 0 Å². The summed E-state index contributed by atoms with van der Waals surface area (Å²) in [7, 11) is -4.79. The van der Waals surface area contributed by atoms with Gasteiger partial charge >= 0.3 is 29.6 Å². The number of ketones is 2. The molecule has 0 aliphatic rings. The number of unbranched alkanes of at least 4 members (excludes halogenated alkanes) is 18. The molecule has 7 heteroatoms. The van der Waals surface area contributed by atoms with Gasteiger partial charge in [0.15, 0.2) is 0 Å². The second kappa shape index (κ2) is 25.9. The van der Waals surface area contributed by atoms with Gasteiger partial charge in [-0.1, -0.05) is 129 Å². The van der Waals surface area contributed by atoms with Crippen LogP contribution in [0.25, 0.3) is 0 Å². The molecule has 0 amide bonds. The number of carbonyl (C=O) groups excluding carboxylic acids is 2. The second-order valence-electron chi connectivity index (χ2n) is 10.1. The van der Waals surface area contributed by atoms with Crippen molar-refractivity contribution in [2.45, 2.75) is 167 Å². The van der Waals surface area contributed by atoms with Gasteiger partial charge in [-0.15, -0.1) is 0 Å². The smallest absolute Gasteiger partial charge is 0.747 e. The van der Waals surface area contributed by atoms with Gasteiger partial charge in [0.1, 0.15) is 26.9 Å². The van der Waals surface area contributed by atoms with Gasteiger partial charge in [0.2, 0.25) is 0 Å². The van der Waals surface area contributed by atoms with Crippen LogP contribution in [0.15, 0.2) is 0 Å². The molecule has 0 aromatic heterocycles. The van der Waals surface area contributed by atoms with Gasteiger partial charge in [-0.2, -0.15) is 0 Å². The predicted molar refractivity (Wildman–Crippen MR) is 141 cm³/mol. The van der Waals surface area contributed by atoms with Crippen LogP contribution in [-0.2, 0) is 19.7 Å². The quantitative estimate of drug-likeness (QED) is 0.0897. The topological polar surface area (TPSA) is 91.3 Å². The molecule has 0 heterocycles. The Hall–Kier alpha value is 0.250. The Morgan fingerprint density at radius 1 is 0.571 bits per heavy atom. The van der Waals surface area contributed by atoms with Crippen molar-refractivity contribution < 1.29 is 52.1 Å². The van der Waals surface area contributed by atoms with Gasteiger partial charge in [-0.25, -0.2) is 8.42 Å². The van der Waals surface area contributed by atoms with E-state index >= 15 is 0 Å². The maximum atomic E-state index is 12.4. The second-order valence-corrected chi connectivity index (χ2v) is 11.6. The van der Waals surface area contributed by atoms with Crippen molar-refractivity contribution in [3.8, 4) is 0 Å². The van der Waals surface area contributed by atoms with Crippen LogP contribution < -0.4 is 29.6 Å². The summed E-state index contributed by atoms with van der Waals surface area (Å²) in [5.41, 5.74) is 0. The van der Waals surface area contributed by atoms with Gasteiger partial charge in [0.05, 0.1) is 0 Å². The Kier molecular flexibility index (Phi) is 27.7. The minimum atomic E-state index is -4.79. The van der Waals surface area contributed by atoms with Crippen LogP contribution >= 0.6 is 0 Å². The van der Waals surface area contributed by atoms with E-state index in [1.54, 1.807) is 0 Å². The number of hydrogen-bond acceptors (Lipinski definition) is 5. The summed E-state index contributed by atoms with van der Waals surface area (Å²) in [6, 6.07) is 0. The fraction of sp³-hybridized carbons (Fsp3) is 0.929. The molecule has 0 radical (unpaired) electrons. The van der Waals surface area contributed by atoms with Crippen LogP contribution in [-0.4, -0.2) is 29.8 Å². The minimum Gasteiger partial charge on any atom is -0.747 e. The largest absolute Gasteiger partial charge is 1.00 e. The molecule has 202 valence electrons. The van der Waals surface area contributed by atoms with E-state index in [9.17, 15) is 22.6 Å². The summed E-state index contributed by atoms with van der Waals surface area (Å²) >= 11 is 0. The molecule has 0 saturated heterocycles. The molecule has 0 rings (SSSR count). The van der Waals surface area contributed by atoms with Gasteiger partial charge in [0.25, 0.3) is 0 Å². The molecule has 0 aliphatic heterocycles. The Labute approximate surface area is 239 Å². The van der Waals surface area contributed by atoms with Crippen LogP contribution in [0.3, 0.4) is 0 Å². The molecule has 0 bridgehead atoms. The van der Waals surface area contributed by atoms with Gasteiger partial charge in [-0.05, 0) is 12.8 Å². The zero-order valence-corrected chi connectivity index (χ0v) is 26.1. The molecule has 1 unspecified atom stereocenters. The van der Waals surface area contributed by atoms with Gasteiger partial charge in [-0.3, -0.25) is 9.59 Å². The molecule has 5 nitrogen and oxygen atoms in total. The van der Waals surface area contributed by atoms with Crippen molar-refractivity contribution in [3.05, 3.63) is 0 Å². The average Bonchev–Trinajstić information content (AvgIpc) is 2.79. The van der Waals surface area contributed by atoms with E-state index in [0.717, 1.165) is 38.5 Å². The van der Waals surface area contributed by atoms with Crippen molar-refractivity contribution >= 4 is 21.7 Å². The van der Waals surface area contributed by atoms with E-state index in [2.05, 4.69) is 13.8 Å². The molecule has 0 fully saturated rings. The van der Waals surface area contributed by atoms with Crippen LogP contribution in [0, 0.1) is 0 Å². The van der Waals surface area contributed by atoms with E-state index in [0.29, 0.717) is 12.8 Å². The summed E-state index contributed by atoms with van der Waals surface area (Å²) < 4.78 is 34.8. The standard InChI is InChI=1S/C28H54O5S.Na/c1-3-5-7-9-11-13-15-17-19-21-23-26(29)25-28(34(31,32)33)27(30)24-22-20-18-16-14-12-10-8-6-4-2;/h28H,3-25H2,1-2H3,(H,31,32,33);/q;+1/p-1. The first-order chi connectivity index (χ1) is 16.3. The third kappa shape index (κ3) is 24.3. The Bertz CT molecular complexity index is 606. The molecule has 1 atom stereocenters. The fourth-order valence-electron chi connectivity index (χ4n) is 4.44. The van der Waals surface area contributed by atoms with Crippen LogP contribution in [0.2, 0.25) is 0 Å². The first-order valence-electron chi connectivity index (χ1n) is 14.3. The van der Waals surface area contributed by atoms with Crippen molar-refractivity contribution in [1.82, 2.24) is 0 Å². The number of carbonyl (C=O) groups is 2. The van der Waals surface area contributed by atoms with Crippen molar-refractivity contribution in [2.75, 3.05) is 0 Å². The predicted octanol–water partition coefficient (Wildman–Crippen LogP) is 5.05. The molecule has 0 spiro atoms. The molecular weight excluding hydrogens is 471 g/mol. The van der Waals surface area contributed by atoms with Gasteiger partial charge < -0.3 is 4.55 Å². The molecule has 0 aromatic carbocycles. The monoisotopic (exact) mass is 524 g/mol. The van der Waals surface area contributed by atoms with E-state index in [1.165, 1.54) is 77.0 Å². The fourth-order valence-corrected chi connectivity index (χ4v) is 5.27. The first kappa shape index (κ1) is 37.4. The Balaban J connectivity index is 0. The van der Waals surface area contributed by atoms with Crippen molar-refractivity contribution in [2.24, 2.45) is 0 Å². The van der Waals surface area contributed by atoms with Crippen LogP contribution in [0.4, 0.5) is 0 Å². The van der Waals surface area contributed by atoms with E-state index in [-0.39, 0.29) is 48.2 Å². The summed E-state index contributed by atoms with van der Waals surface area (Å²) in [4.78, 5) is 24.6. The summed E-state index contributed by atoms with van der Waals surface area (Å²) in [5, 5.41) is -1.69. The summed E-state index contributed by atoms with van der Waals surface area (Å²) in [6.07, 6.45) is 22.6. The number of hydrogen-bond donors (Lipinski definition) is 0. The van der Waals surface area contributed by atoms with Crippen LogP contribution in [0.1, 0.15) is 162 Å². The zero-order valence-electron chi connectivity index (χ0n) is 23.3. The summed E-state index contributed by atoms with van der Waals surface area (Å²) in [5.74, 6) is -0.855. The molecule has 0 saturated carbocycles. The van der Waals surface area contributed by atoms with E-state index in [4.69, 9.17) is 0 Å². The third-order valence-corrected chi connectivity index (χ3v) is 7.83. The molecule has 0 N–H and O–H groups in total. The van der Waals surface area contributed by atoms with E-state index in [1.807, 2.05) is 0 Å². The Morgan fingerprint density at radius 2 is 0.886 bits per heavy atom. The number of Topliss-reactive ketones (excluding diaryl/α,β-unsaturated/α-hetero) is 2. The Morgan fingerprint density at radius 3 is 1.23 bits per heavy atom. The SMILES string of the molecule is CCCCCCCCCCCCC(=O)CC(C(=O)CCCCCCCCCCCC)S(=O)(=O)[O-].[Na+]. The zero-order chi connectivity index (χ0) is 25.5. The molecular formula is C28H53NaO5S. The third-order valence-electron chi connectivity index (χ3n) is 6.71. The normalized spacial score (nSPS) is 12.3. The van der Waals surface area contributed by atoms with E-state index < -0.39 is 27.6 Å². The summed E-state index contributed by atoms with van der Waals surface area (Å²) in [6.45, 7) is 4.42. The average molecular weight is 525 g/mol. The molecule has 0 aromatic rings. The maximum Gasteiger partial charge on any atom is 1.00 e. The minimum absolute atomic E-state index is 0.